The summed E-state index contributed by atoms with van der Waals surface area (Å²) in [6.07, 6.45) is 0. The van der Waals surface area contributed by atoms with Gasteiger partial charge in [-0.1, -0.05) is 60.9 Å². The van der Waals surface area contributed by atoms with Gasteiger partial charge < -0.3 is 5.11 Å². The smallest absolute Gasteiger partial charge is 0.122 e. The van der Waals surface area contributed by atoms with Gasteiger partial charge in [-0.3, -0.25) is 0 Å². The highest BCUT2D eigenvalue weighted by molar-refractivity contribution is 5.49. The van der Waals surface area contributed by atoms with E-state index < -0.39 is 0 Å². The summed E-state index contributed by atoms with van der Waals surface area (Å²) < 4.78 is 0. The van der Waals surface area contributed by atoms with Crippen LogP contribution in [0.3, 0.4) is 0 Å². The Hall–Kier alpha value is -1.76. The SMILES string of the molecule is Cc1cc(C)cc(C(c2cc(C)cc(C)c2O)C(C)C)c1. The lowest BCUT2D eigenvalue weighted by Crippen LogP contribution is -2.10. The molecule has 2 aromatic rings. The number of phenols is 1. The molecule has 0 bridgehead atoms. The maximum absolute atomic E-state index is 10.5. The summed E-state index contributed by atoms with van der Waals surface area (Å²) in [6.45, 7) is 12.8. The molecule has 1 atom stereocenters. The molecule has 0 spiro atoms. The normalized spacial score (nSPS) is 12.7. The van der Waals surface area contributed by atoms with Crippen molar-refractivity contribution in [2.24, 2.45) is 5.92 Å². The summed E-state index contributed by atoms with van der Waals surface area (Å²) in [5.74, 6) is 1.10. The predicted molar refractivity (Wildman–Crippen MR) is 90.2 cm³/mol. The third-order valence-corrected chi connectivity index (χ3v) is 4.08. The average Bonchev–Trinajstić information content (AvgIpc) is 2.33. The van der Waals surface area contributed by atoms with Gasteiger partial charge in [0.15, 0.2) is 0 Å². The molecule has 0 heterocycles. The first-order chi connectivity index (χ1) is 9.79. The number of aryl methyl sites for hydroxylation is 4. The van der Waals surface area contributed by atoms with Crippen molar-refractivity contribution in [2.75, 3.05) is 0 Å². The summed E-state index contributed by atoms with van der Waals surface area (Å²) in [5.41, 5.74) is 7.06. The lowest BCUT2D eigenvalue weighted by atomic mass is 9.80. The van der Waals surface area contributed by atoms with Crippen LogP contribution in [0.4, 0.5) is 0 Å². The molecule has 0 saturated carbocycles. The van der Waals surface area contributed by atoms with Crippen LogP contribution in [0.5, 0.6) is 5.75 Å². The summed E-state index contributed by atoms with van der Waals surface area (Å²) in [5, 5.41) is 10.5. The quantitative estimate of drug-likeness (QED) is 0.797. The molecule has 2 aromatic carbocycles. The maximum atomic E-state index is 10.5. The van der Waals surface area contributed by atoms with E-state index in [9.17, 15) is 5.11 Å². The second-order valence-corrected chi connectivity index (χ2v) is 6.66. The molecule has 1 unspecified atom stereocenters. The van der Waals surface area contributed by atoms with Crippen LogP contribution in [0.25, 0.3) is 0 Å². The lowest BCUT2D eigenvalue weighted by Gasteiger charge is -2.25. The summed E-state index contributed by atoms with van der Waals surface area (Å²) in [4.78, 5) is 0. The van der Waals surface area contributed by atoms with Gasteiger partial charge in [0, 0.05) is 11.5 Å². The van der Waals surface area contributed by atoms with Crippen LogP contribution in [0.15, 0.2) is 30.3 Å². The molecule has 0 aliphatic heterocycles. The van der Waals surface area contributed by atoms with E-state index in [1.165, 1.54) is 22.3 Å². The molecule has 1 nitrogen and oxygen atoms in total. The largest absolute Gasteiger partial charge is 0.507 e. The topological polar surface area (TPSA) is 20.2 Å². The minimum Gasteiger partial charge on any atom is -0.507 e. The average molecular weight is 282 g/mol. The third kappa shape index (κ3) is 3.29. The van der Waals surface area contributed by atoms with E-state index in [-0.39, 0.29) is 5.92 Å². The number of hydrogen-bond donors (Lipinski definition) is 1. The van der Waals surface area contributed by atoms with E-state index in [1.54, 1.807) is 0 Å². The second kappa shape index (κ2) is 5.93. The zero-order valence-electron chi connectivity index (χ0n) is 14.0. The highest BCUT2D eigenvalue weighted by atomic mass is 16.3. The van der Waals surface area contributed by atoms with Gasteiger partial charge >= 0.3 is 0 Å². The van der Waals surface area contributed by atoms with Gasteiger partial charge in [-0.2, -0.15) is 0 Å². The van der Waals surface area contributed by atoms with Crippen molar-refractivity contribution in [3.05, 3.63) is 63.7 Å². The summed E-state index contributed by atoms with van der Waals surface area (Å²) >= 11 is 0. The van der Waals surface area contributed by atoms with Crippen molar-refractivity contribution in [1.29, 1.82) is 0 Å². The third-order valence-electron chi connectivity index (χ3n) is 4.08. The molecule has 21 heavy (non-hydrogen) atoms. The Morgan fingerprint density at radius 2 is 1.29 bits per heavy atom. The van der Waals surface area contributed by atoms with Crippen molar-refractivity contribution in [3.8, 4) is 5.75 Å². The number of aromatic hydroxyl groups is 1. The molecule has 0 radical (unpaired) electrons. The Labute approximate surface area is 128 Å². The van der Waals surface area contributed by atoms with E-state index in [1.807, 2.05) is 13.0 Å². The van der Waals surface area contributed by atoms with Crippen molar-refractivity contribution < 1.29 is 5.11 Å². The fraction of sp³-hybridized carbons (Fsp3) is 0.400. The van der Waals surface area contributed by atoms with Crippen LogP contribution in [-0.2, 0) is 0 Å². The molecular formula is C20H26O. The number of hydrogen-bond acceptors (Lipinski definition) is 1. The van der Waals surface area contributed by atoms with Crippen molar-refractivity contribution >= 4 is 0 Å². The van der Waals surface area contributed by atoms with Crippen LogP contribution < -0.4 is 0 Å². The number of rotatable bonds is 3. The molecule has 1 N–H and O–H groups in total. The van der Waals surface area contributed by atoms with E-state index >= 15 is 0 Å². The van der Waals surface area contributed by atoms with Crippen molar-refractivity contribution in [3.63, 3.8) is 0 Å². The van der Waals surface area contributed by atoms with Gasteiger partial charge in [0.1, 0.15) is 5.75 Å². The standard InChI is InChI=1S/C20H26O/c1-12(2)19(17-9-13(3)7-14(4)10-17)18-11-15(5)8-16(6)20(18)21/h7-12,19,21H,1-6H3. The van der Waals surface area contributed by atoms with Crippen molar-refractivity contribution in [2.45, 2.75) is 47.5 Å². The van der Waals surface area contributed by atoms with Gasteiger partial charge in [-0.05, 0) is 44.7 Å². The van der Waals surface area contributed by atoms with E-state index in [0.29, 0.717) is 11.7 Å². The first-order valence-corrected chi connectivity index (χ1v) is 7.68. The van der Waals surface area contributed by atoms with E-state index in [2.05, 4.69) is 58.9 Å². The monoisotopic (exact) mass is 282 g/mol. The lowest BCUT2D eigenvalue weighted by molar-refractivity contribution is 0.448. The molecule has 0 aliphatic rings. The molecule has 112 valence electrons. The number of benzene rings is 2. The minimum absolute atomic E-state index is 0.224. The van der Waals surface area contributed by atoms with Gasteiger partial charge in [-0.25, -0.2) is 0 Å². The molecule has 0 aromatic heterocycles. The predicted octanol–water partition coefficient (Wildman–Crippen LogP) is 5.41. The second-order valence-electron chi connectivity index (χ2n) is 6.66. The fourth-order valence-electron chi connectivity index (χ4n) is 3.34. The Balaban J connectivity index is 2.64. The van der Waals surface area contributed by atoms with E-state index in [4.69, 9.17) is 0 Å². The van der Waals surface area contributed by atoms with Crippen LogP contribution in [0, 0.1) is 33.6 Å². The molecule has 0 amide bonds. The Kier molecular flexibility index (Phi) is 4.41. The fourth-order valence-corrected chi connectivity index (χ4v) is 3.34. The molecule has 1 heteroatoms. The van der Waals surface area contributed by atoms with Crippen LogP contribution in [0.2, 0.25) is 0 Å². The summed E-state index contributed by atoms with van der Waals surface area (Å²) in [6, 6.07) is 10.9. The van der Waals surface area contributed by atoms with Crippen LogP contribution in [-0.4, -0.2) is 5.11 Å². The number of phenolic OH excluding ortho intramolecular Hbond substituents is 1. The van der Waals surface area contributed by atoms with Crippen LogP contribution in [0.1, 0.15) is 53.1 Å². The first-order valence-electron chi connectivity index (χ1n) is 7.68. The molecular weight excluding hydrogens is 256 g/mol. The maximum Gasteiger partial charge on any atom is 0.122 e. The Morgan fingerprint density at radius 3 is 1.81 bits per heavy atom. The minimum atomic E-state index is 0.224. The van der Waals surface area contributed by atoms with Crippen molar-refractivity contribution in [1.82, 2.24) is 0 Å². The Morgan fingerprint density at radius 1 is 0.762 bits per heavy atom. The zero-order chi connectivity index (χ0) is 15.7. The zero-order valence-corrected chi connectivity index (χ0v) is 14.0. The van der Waals surface area contributed by atoms with Crippen LogP contribution >= 0.6 is 0 Å². The van der Waals surface area contributed by atoms with Gasteiger partial charge in [0.25, 0.3) is 0 Å². The van der Waals surface area contributed by atoms with Gasteiger partial charge in [0.2, 0.25) is 0 Å². The first kappa shape index (κ1) is 15.6. The van der Waals surface area contributed by atoms with Gasteiger partial charge in [0.05, 0.1) is 0 Å². The highest BCUT2D eigenvalue weighted by Crippen LogP contribution is 2.39. The van der Waals surface area contributed by atoms with Gasteiger partial charge in [-0.15, -0.1) is 0 Å². The highest BCUT2D eigenvalue weighted by Gasteiger charge is 2.22. The molecule has 2 rings (SSSR count). The Bertz CT molecular complexity index is 633. The molecule has 0 aliphatic carbocycles. The molecule has 0 saturated heterocycles. The molecule has 0 fully saturated rings. The van der Waals surface area contributed by atoms with E-state index in [0.717, 1.165) is 11.1 Å². The summed E-state index contributed by atoms with van der Waals surface area (Å²) in [7, 11) is 0.